The summed E-state index contributed by atoms with van der Waals surface area (Å²) in [4.78, 5) is 23.1. The number of rotatable bonds is 4. The van der Waals surface area contributed by atoms with Gasteiger partial charge in [-0.05, 0) is 38.0 Å². The fourth-order valence-electron chi connectivity index (χ4n) is 2.90. The minimum absolute atomic E-state index is 0.00956. The first-order chi connectivity index (χ1) is 8.55. The molecule has 0 heterocycles. The molecule has 1 atom stereocenters. The lowest BCUT2D eigenvalue weighted by atomic mass is 9.76. The molecule has 0 aliphatic heterocycles. The molecule has 2 rings (SSSR count). The van der Waals surface area contributed by atoms with E-state index in [1.54, 1.807) is 0 Å². The highest BCUT2D eigenvalue weighted by Gasteiger charge is 2.46. The van der Waals surface area contributed by atoms with Crippen molar-refractivity contribution in [2.45, 2.75) is 63.0 Å². The van der Waals surface area contributed by atoms with Crippen molar-refractivity contribution in [2.75, 3.05) is 0 Å². The average Bonchev–Trinajstić information content (AvgIpc) is 2.33. The van der Waals surface area contributed by atoms with Gasteiger partial charge in [-0.25, -0.2) is 4.79 Å². The smallest absolute Gasteiger partial charge is 0.329 e. The van der Waals surface area contributed by atoms with E-state index in [9.17, 15) is 14.7 Å². The van der Waals surface area contributed by atoms with Gasteiger partial charge in [-0.3, -0.25) is 4.79 Å². The van der Waals surface area contributed by atoms with E-state index in [1.165, 1.54) is 0 Å². The second-order valence-corrected chi connectivity index (χ2v) is 5.57. The Bertz CT molecular complexity index is 332. The van der Waals surface area contributed by atoms with Crippen molar-refractivity contribution in [3.8, 4) is 0 Å². The lowest BCUT2D eigenvalue weighted by molar-refractivity contribution is -0.154. The molecule has 2 fully saturated rings. The van der Waals surface area contributed by atoms with E-state index in [0.717, 1.165) is 38.5 Å². The Morgan fingerprint density at radius 2 is 1.72 bits per heavy atom. The van der Waals surface area contributed by atoms with Crippen molar-refractivity contribution >= 4 is 11.9 Å². The number of aliphatic hydroxyl groups excluding tert-OH is 1. The molecular weight excluding hydrogens is 234 g/mol. The molecule has 0 aromatic heterocycles. The zero-order chi connectivity index (χ0) is 13.2. The van der Waals surface area contributed by atoms with Crippen LogP contribution in [0.2, 0.25) is 0 Å². The van der Waals surface area contributed by atoms with Crippen LogP contribution in [0.15, 0.2) is 0 Å². The van der Waals surface area contributed by atoms with E-state index in [4.69, 9.17) is 5.11 Å². The first kappa shape index (κ1) is 13.3. The van der Waals surface area contributed by atoms with Crippen molar-refractivity contribution in [3.05, 3.63) is 0 Å². The number of nitrogens with one attached hydrogen (secondary N) is 1. The maximum absolute atomic E-state index is 11.9. The molecule has 1 amide bonds. The van der Waals surface area contributed by atoms with E-state index in [-0.39, 0.29) is 5.92 Å². The van der Waals surface area contributed by atoms with Gasteiger partial charge in [0.25, 0.3) is 0 Å². The highest BCUT2D eigenvalue weighted by atomic mass is 16.4. The summed E-state index contributed by atoms with van der Waals surface area (Å²) >= 11 is 0. The molecule has 18 heavy (non-hydrogen) atoms. The third kappa shape index (κ3) is 2.51. The zero-order valence-corrected chi connectivity index (χ0v) is 10.5. The number of carboxylic acids is 1. The Hall–Kier alpha value is -1.10. The first-order valence-corrected chi connectivity index (χ1v) is 6.79. The van der Waals surface area contributed by atoms with E-state index < -0.39 is 23.5 Å². The molecule has 2 aliphatic rings. The summed E-state index contributed by atoms with van der Waals surface area (Å²) in [5.74, 6) is -1.51. The van der Waals surface area contributed by atoms with Gasteiger partial charge in [0.2, 0.25) is 5.91 Å². The van der Waals surface area contributed by atoms with Gasteiger partial charge in [0.1, 0.15) is 11.6 Å². The highest BCUT2D eigenvalue weighted by molar-refractivity contribution is 5.89. The standard InChI is InChI=1S/C13H21NO4/c15-10(9-5-2-1-3-6-9)11(16)14-13(12(17)18)7-4-8-13/h9-10,15H,1-8H2,(H,14,16)(H,17,18)/t10-/m1/s1. The molecule has 0 unspecified atom stereocenters. The first-order valence-electron chi connectivity index (χ1n) is 6.79. The van der Waals surface area contributed by atoms with Crippen molar-refractivity contribution < 1.29 is 19.8 Å². The molecule has 5 nitrogen and oxygen atoms in total. The molecule has 5 heteroatoms. The molecule has 2 aliphatic carbocycles. The molecule has 0 bridgehead atoms. The summed E-state index contributed by atoms with van der Waals surface area (Å²) in [6.07, 6.45) is 5.64. The molecule has 0 saturated heterocycles. The largest absolute Gasteiger partial charge is 0.480 e. The van der Waals surface area contributed by atoms with Crippen LogP contribution in [0.3, 0.4) is 0 Å². The summed E-state index contributed by atoms with van der Waals surface area (Å²) in [7, 11) is 0. The Kier molecular flexibility index (Phi) is 3.90. The number of carboxylic acid groups (broad SMARTS) is 1. The Morgan fingerprint density at radius 3 is 2.17 bits per heavy atom. The van der Waals surface area contributed by atoms with Gasteiger partial charge >= 0.3 is 5.97 Å². The van der Waals surface area contributed by atoms with Gasteiger partial charge < -0.3 is 15.5 Å². The zero-order valence-electron chi connectivity index (χ0n) is 10.5. The molecule has 0 radical (unpaired) electrons. The number of aliphatic carboxylic acids is 1. The minimum atomic E-state index is -1.12. The summed E-state index contributed by atoms with van der Waals surface area (Å²) < 4.78 is 0. The maximum atomic E-state index is 11.9. The summed E-state index contributed by atoms with van der Waals surface area (Å²) in [6.45, 7) is 0. The minimum Gasteiger partial charge on any atom is -0.480 e. The summed E-state index contributed by atoms with van der Waals surface area (Å²) in [5, 5.41) is 21.7. The third-order valence-electron chi connectivity index (χ3n) is 4.34. The molecule has 2 saturated carbocycles. The van der Waals surface area contributed by atoms with E-state index in [0.29, 0.717) is 12.8 Å². The molecule has 0 aromatic carbocycles. The molecule has 0 aromatic rings. The Labute approximate surface area is 107 Å². The predicted octanol–water partition coefficient (Wildman–Crippen LogP) is 1.05. The predicted molar refractivity (Wildman–Crippen MR) is 64.9 cm³/mol. The van der Waals surface area contributed by atoms with Crippen LogP contribution in [0, 0.1) is 5.92 Å². The molecule has 0 spiro atoms. The topological polar surface area (TPSA) is 86.6 Å². The van der Waals surface area contributed by atoms with E-state index in [1.807, 2.05) is 0 Å². The number of amides is 1. The third-order valence-corrected chi connectivity index (χ3v) is 4.34. The lowest BCUT2D eigenvalue weighted by Gasteiger charge is -2.39. The van der Waals surface area contributed by atoms with Crippen LogP contribution in [0.1, 0.15) is 51.4 Å². The van der Waals surface area contributed by atoms with Gasteiger partial charge in [0.15, 0.2) is 0 Å². The number of hydrogen-bond donors (Lipinski definition) is 3. The number of carbonyl (C=O) groups excluding carboxylic acids is 1. The second-order valence-electron chi connectivity index (χ2n) is 5.57. The fraction of sp³-hybridized carbons (Fsp3) is 0.846. The van der Waals surface area contributed by atoms with Crippen molar-refractivity contribution in [1.82, 2.24) is 5.32 Å². The van der Waals surface area contributed by atoms with Gasteiger partial charge in [-0.1, -0.05) is 19.3 Å². The fourth-order valence-corrected chi connectivity index (χ4v) is 2.90. The average molecular weight is 255 g/mol. The van der Waals surface area contributed by atoms with Gasteiger partial charge in [0, 0.05) is 0 Å². The maximum Gasteiger partial charge on any atom is 0.329 e. The van der Waals surface area contributed by atoms with Crippen LogP contribution in [0.4, 0.5) is 0 Å². The normalized spacial score (nSPS) is 24.9. The quantitative estimate of drug-likeness (QED) is 0.701. The van der Waals surface area contributed by atoms with Crippen LogP contribution in [0.25, 0.3) is 0 Å². The van der Waals surface area contributed by atoms with E-state index in [2.05, 4.69) is 5.32 Å². The van der Waals surface area contributed by atoms with E-state index >= 15 is 0 Å². The van der Waals surface area contributed by atoms with Crippen LogP contribution < -0.4 is 5.32 Å². The van der Waals surface area contributed by atoms with Crippen LogP contribution >= 0.6 is 0 Å². The van der Waals surface area contributed by atoms with Crippen LogP contribution in [0.5, 0.6) is 0 Å². The van der Waals surface area contributed by atoms with Gasteiger partial charge in [-0.2, -0.15) is 0 Å². The molecular formula is C13H21NO4. The molecule has 3 N–H and O–H groups in total. The Balaban J connectivity index is 1.92. The number of aliphatic hydroxyl groups is 1. The second kappa shape index (κ2) is 5.26. The van der Waals surface area contributed by atoms with Crippen LogP contribution in [-0.4, -0.2) is 33.7 Å². The summed E-state index contributed by atoms with van der Waals surface area (Å²) in [5.41, 5.74) is -1.12. The number of hydrogen-bond acceptors (Lipinski definition) is 3. The number of carbonyl (C=O) groups is 2. The van der Waals surface area contributed by atoms with Crippen LogP contribution in [-0.2, 0) is 9.59 Å². The summed E-state index contributed by atoms with van der Waals surface area (Å²) in [6, 6.07) is 0. The Morgan fingerprint density at radius 1 is 1.11 bits per heavy atom. The van der Waals surface area contributed by atoms with Gasteiger partial charge in [-0.15, -0.1) is 0 Å². The monoisotopic (exact) mass is 255 g/mol. The highest BCUT2D eigenvalue weighted by Crippen LogP contribution is 2.33. The van der Waals surface area contributed by atoms with Crippen molar-refractivity contribution in [2.24, 2.45) is 5.92 Å². The molecule has 102 valence electrons. The van der Waals surface area contributed by atoms with Crippen molar-refractivity contribution in [3.63, 3.8) is 0 Å². The van der Waals surface area contributed by atoms with Gasteiger partial charge in [0.05, 0.1) is 0 Å². The SMILES string of the molecule is O=C(NC1(C(=O)O)CCC1)[C@H](O)C1CCCCC1. The van der Waals surface area contributed by atoms with Crippen molar-refractivity contribution in [1.29, 1.82) is 0 Å². The lowest BCUT2D eigenvalue weighted by Crippen LogP contribution is -2.61.